The summed E-state index contributed by atoms with van der Waals surface area (Å²) in [4.78, 5) is 10.7. The average molecular weight is 391 g/mol. The van der Waals surface area contributed by atoms with E-state index in [2.05, 4.69) is 37.8 Å². The molecule has 3 atom stereocenters. The maximum atomic E-state index is 10.7. The van der Waals surface area contributed by atoms with Gasteiger partial charge in [0.25, 0.3) is 0 Å². The lowest BCUT2D eigenvalue weighted by Crippen LogP contribution is -2.24. The van der Waals surface area contributed by atoms with Gasteiger partial charge in [-0.25, -0.2) is 0 Å². The van der Waals surface area contributed by atoms with Crippen LogP contribution in [-0.2, 0) is 9.53 Å². The molecule has 160 valence electrons. The summed E-state index contributed by atoms with van der Waals surface area (Å²) in [6.07, 6.45) is 24.0. The average Bonchev–Trinajstić information content (AvgIpc) is 3.12. The van der Waals surface area contributed by atoms with Gasteiger partial charge in [0.05, 0.1) is 12.2 Å². The summed E-state index contributed by atoms with van der Waals surface area (Å²) in [5.74, 6) is 1.06. The van der Waals surface area contributed by atoms with Gasteiger partial charge in [-0.1, -0.05) is 82.2 Å². The molecule has 0 heterocycles. The van der Waals surface area contributed by atoms with Crippen molar-refractivity contribution < 1.29 is 14.6 Å². The minimum atomic E-state index is -0.750. The van der Waals surface area contributed by atoms with Crippen molar-refractivity contribution in [3.63, 3.8) is 0 Å². The van der Waals surface area contributed by atoms with E-state index in [0.29, 0.717) is 24.9 Å². The number of ether oxygens (including phenoxy) is 1. The van der Waals surface area contributed by atoms with Crippen LogP contribution in [0.15, 0.2) is 37.0 Å². The number of unbranched alkanes of at least 4 members (excludes halogenated alkanes) is 6. The zero-order valence-electron chi connectivity index (χ0n) is 18.2. The van der Waals surface area contributed by atoms with Crippen LogP contribution in [0.1, 0.15) is 90.9 Å². The smallest absolute Gasteiger partial charge is 0.302 e. The molecule has 1 rings (SSSR count). The normalized spacial score (nSPS) is 21.1. The third-order valence-corrected chi connectivity index (χ3v) is 5.79. The molecule has 0 aromatic rings. The minimum Gasteiger partial charge on any atom is -0.466 e. The molecule has 0 spiro atoms. The summed E-state index contributed by atoms with van der Waals surface area (Å²) >= 11 is 0. The van der Waals surface area contributed by atoms with Crippen molar-refractivity contribution in [1.82, 2.24) is 0 Å². The van der Waals surface area contributed by atoms with Gasteiger partial charge in [-0.2, -0.15) is 0 Å². The van der Waals surface area contributed by atoms with Crippen LogP contribution in [0.25, 0.3) is 0 Å². The predicted molar refractivity (Wildman–Crippen MR) is 118 cm³/mol. The summed E-state index contributed by atoms with van der Waals surface area (Å²) in [7, 11) is 0. The first kappa shape index (κ1) is 24.7. The van der Waals surface area contributed by atoms with E-state index in [1.165, 1.54) is 45.4 Å². The molecule has 0 fully saturated rings. The van der Waals surface area contributed by atoms with E-state index in [4.69, 9.17) is 4.74 Å². The van der Waals surface area contributed by atoms with Gasteiger partial charge < -0.3 is 9.84 Å². The highest BCUT2D eigenvalue weighted by molar-refractivity contribution is 5.65. The molecule has 1 unspecified atom stereocenters. The zero-order valence-corrected chi connectivity index (χ0v) is 18.2. The van der Waals surface area contributed by atoms with Gasteiger partial charge in [0.15, 0.2) is 0 Å². The first-order valence-corrected chi connectivity index (χ1v) is 11.3. The van der Waals surface area contributed by atoms with Crippen LogP contribution in [0.3, 0.4) is 0 Å². The molecular formula is C25H42O3. The molecule has 1 aliphatic carbocycles. The molecule has 0 aromatic carbocycles. The van der Waals surface area contributed by atoms with Crippen molar-refractivity contribution in [3.05, 3.63) is 37.0 Å². The van der Waals surface area contributed by atoms with E-state index >= 15 is 0 Å². The second-order valence-electron chi connectivity index (χ2n) is 8.29. The third kappa shape index (κ3) is 10.8. The lowest BCUT2D eigenvalue weighted by molar-refractivity contribution is -0.141. The summed E-state index contributed by atoms with van der Waals surface area (Å²) in [6, 6.07) is 0. The summed E-state index contributed by atoms with van der Waals surface area (Å²) < 4.78 is 4.95. The third-order valence-electron chi connectivity index (χ3n) is 5.79. The second-order valence-corrected chi connectivity index (χ2v) is 8.29. The van der Waals surface area contributed by atoms with E-state index in [0.717, 1.165) is 32.1 Å². The van der Waals surface area contributed by atoms with E-state index in [1.807, 2.05) is 0 Å². The molecular weight excluding hydrogens is 348 g/mol. The van der Waals surface area contributed by atoms with Gasteiger partial charge in [-0.3, -0.25) is 4.79 Å². The number of carbonyl (C=O) groups excluding carboxylic acids is 1. The first-order valence-electron chi connectivity index (χ1n) is 11.3. The van der Waals surface area contributed by atoms with Crippen molar-refractivity contribution >= 4 is 5.97 Å². The standard InChI is InChI=1S/C25H42O3/c1-4-6-19-25(27,5-2)20-14-18-24-17-13-16-23(24)15-11-9-7-8-10-12-21-28-22(3)26/h5,13-14,17-18,23-24,27H,2,4,6-12,15-16,19-21H2,1,3H3/b18-14+/t23-,24+,25?/m0/s1. The molecule has 0 aromatic heterocycles. The van der Waals surface area contributed by atoms with E-state index in [9.17, 15) is 9.90 Å². The number of carbonyl (C=O) groups is 1. The monoisotopic (exact) mass is 390 g/mol. The molecule has 1 aliphatic rings. The van der Waals surface area contributed by atoms with Crippen molar-refractivity contribution in [2.75, 3.05) is 6.61 Å². The van der Waals surface area contributed by atoms with Crippen molar-refractivity contribution in [2.45, 2.75) is 96.5 Å². The van der Waals surface area contributed by atoms with E-state index < -0.39 is 5.60 Å². The van der Waals surface area contributed by atoms with Crippen LogP contribution in [0.2, 0.25) is 0 Å². The zero-order chi connectivity index (χ0) is 20.7. The summed E-state index contributed by atoms with van der Waals surface area (Å²) in [5, 5.41) is 10.6. The van der Waals surface area contributed by atoms with Gasteiger partial charge in [0, 0.05) is 6.92 Å². The number of hydrogen-bond acceptors (Lipinski definition) is 3. The quantitative estimate of drug-likeness (QED) is 0.185. The lowest BCUT2D eigenvalue weighted by atomic mass is 9.88. The maximum Gasteiger partial charge on any atom is 0.302 e. The Kier molecular flexibility index (Phi) is 12.9. The van der Waals surface area contributed by atoms with Gasteiger partial charge in [-0.05, 0) is 43.9 Å². The Labute approximate surface area is 172 Å². The Morgan fingerprint density at radius 3 is 2.61 bits per heavy atom. The fourth-order valence-electron chi connectivity index (χ4n) is 3.89. The number of allylic oxidation sites excluding steroid dienone is 3. The fraction of sp³-hybridized carbons (Fsp3) is 0.720. The maximum absolute atomic E-state index is 10.7. The first-order chi connectivity index (χ1) is 13.5. The van der Waals surface area contributed by atoms with E-state index in [-0.39, 0.29) is 5.97 Å². The fourth-order valence-corrected chi connectivity index (χ4v) is 3.89. The second kappa shape index (κ2) is 14.6. The van der Waals surface area contributed by atoms with Crippen LogP contribution in [0.4, 0.5) is 0 Å². The molecule has 0 bridgehead atoms. The molecule has 0 saturated heterocycles. The van der Waals surface area contributed by atoms with Crippen LogP contribution < -0.4 is 0 Å². The van der Waals surface area contributed by atoms with Gasteiger partial charge in [0.1, 0.15) is 0 Å². The molecule has 0 aliphatic heterocycles. The Hall–Kier alpha value is -1.35. The number of esters is 1. The largest absolute Gasteiger partial charge is 0.466 e. The highest BCUT2D eigenvalue weighted by Gasteiger charge is 2.22. The van der Waals surface area contributed by atoms with Crippen molar-refractivity contribution in [3.8, 4) is 0 Å². The number of aliphatic hydroxyl groups is 1. The molecule has 1 N–H and O–H groups in total. The topological polar surface area (TPSA) is 46.5 Å². The Morgan fingerprint density at radius 2 is 1.93 bits per heavy atom. The van der Waals surface area contributed by atoms with Crippen LogP contribution in [-0.4, -0.2) is 23.3 Å². The Morgan fingerprint density at radius 1 is 1.21 bits per heavy atom. The highest BCUT2D eigenvalue weighted by atomic mass is 16.5. The van der Waals surface area contributed by atoms with E-state index in [1.54, 1.807) is 6.08 Å². The van der Waals surface area contributed by atoms with Gasteiger partial charge in [-0.15, -0.1) is 6.58 Å². The minimum absolute atomic E-state index is 0.177. The van der Waals surface area contributed by atoms with Gasteiger partial charge in [0.2, 0.25) is 0 Å². The molecule has 0 amide bonds. The molecule has 3 heteroatoms. The molecule has 0 radical (unpaired) electrons. The number of rotatable bonds is 16. The Balaban J connectivity index is 2.18. The van der Waals surface area contributed by atoms with Crippen molar-refractivity contribution in [2.24, 2.45) is 11.8 Å². The van der Waals surface area contributed by atoms with Gasteiger partial charge >= 0.3 is 5.97 Å². The Bertz CT molecular complexity index is 494. The number of hydrogen-bond donors (Lipinski definition) is 1. The SMILES string of the molecule is C=CC(O)(C/C=C/[C@H]1C=CC[C@@H]1CCCCCCCCOC(C)=O)CCCC. The molecule has 0 saturated carbocycles. The summed E-state index contributed by atoms with van der Waals surface area (Å²) in [5.41, 5.74) is -0.750. The molecule has 3 nitrogen and oxygen atoms in total. The van der Waals surface area contributed by atoms with Crippen molar-refractivity contribution in [1.29, 1.82) is 0 Å². The molecule has 28 heavy (non-hydrogen) atoms. The van der Waals surface area contributed by atoms with Crippen LogP contribution >= 0.6 is 0 Å². The highest BCUT2D eigenvalue weighted by Crippen LogP contribution is 2.32. The predicted octanol–water partition coefficient (Wildman–Crippen LogP) is 6.53. The van der Waals surface area contributed by atoms with Crippen LogP contribution in [0, 0.1) is 11.8 Å². The lowest BCUT2D eigenvalue weighted by Gasteiger charge is -2.23. The summed E-state index contributed by atoms with van der Waals surface area (Å²) in [6.45, 7) is 8.00. The van der Waals surface area contributed by atoms with Crippen LogP contribution in [0.5, 0.6) is 0 Å².